The number of carbonyl (C=O) groups is 1. The maximum atomic E-state index is 11.6. The molecule has 0 aliphatic carbocycles. The molecule has 21 heavy (non-hydrogen) atoms. The van der Waals surface area contributed by atoms with Crippen molar-refractivity contribution < 1.29 is 9.53 Å². The van der Waals surface area contributed by atoms with Crippen LogP contribution in [-0.2, 0) is 0 Å². The van der Waals surface area contributed by atoms with Gasteiger partial charge in [-0.1, -0.05) is 18.2 Å². The lowest BCUT2D eigenvalue weighted by molar-refractivity contribution is 0.252. The van der Waals surface area contributed by atoms with E-state index in [0.29, 0.717) is 5.69 Å². The second-order valence-corrected chi connectivity index (χ2v) is 4.94. The first kappa shape index (κ1) is 15.1. The van der Waals surface area contributed by atoms with Crippen LogP contribution in [0.3, 0.4) is 0 Å². The molecule has 0 aliphatic heterocycles. The third-order valence-corrected chi connectivity index (χ3v) is 3.21. The van der Waals surface area contributed by atoms with Gasteiger partial charge in [-0.15, -0.1) is 0 Å². The lowest BCUT2D eigenvalue weighted by Gasteiger charge is -2.04. The summed E-state index contributed by atoms with van der Waals surface area (Å²) in [5, 5.41) is 6.55. The van der Waals surface area contributed by atoms with Gasteiger partial charge in [0, 0.05) is 5.69 Å². The predicted molar refractivity (Wildman–Crippen MR) is 86.9 cm³/mol. The van der Waals surface area contributed by atoms with Crippen molar-refractivity contribution >= 4 is 33.9 Å². The van der Waals surface area contributed by atoms with E-state index in [9.17, 15) is 4.79 Å². The van der Waals surface area contributed by atoms with Gasteiger partial charge in [-0.3, -0.25) is 0 Å². The molecule has 6 heteroatoms. The van der Waals surface area contributed by atoms with E-state index < -0.39 is 6.03 Å². The van der Waals surface area contributed by atoms with Gasteiger partial charge in [0.05, 0.1) is 17.8 Å². The number of methoxy groups -OCH3 is 1. The molecule has 0 heterocycles. The van der Waals surface area contributed by atoms with Crippen LogP contribution in [0.5, 0.6) is 5.75 Å². The summed E-state index contributed by atoms with van der Waals surface area (Å²) in [5.74, 6) is 0.738. The number of hydrogen-bond donors (Lipinski definition) is 2. The lowest BCUT2D eigenvalue weighted by atomic mass is 10.2. The Morgan fingerprint density at radius 1 is 1.24 bits per heavy atom. The number of benzene rings is 2. The molecule has 0 radical (unpaired) electrons. The second kappa shape index (κ2) is 7.44. The van der Waals surface area contributed by atoms with Gasteiger partial charge in [-0.2, -0.15) is 5.10 Å². The van der Waals surface area contributed by atoms with E-state index in [0.717, 1.165) is 15.8 Å². The molecule has 0 bridgehead atoms. The van der Waals surface area contributed by atoms with Crippen molar-refractivity contribution in [2.75, 3.05) is 12.4 Å². The number of halogens is 1. The molecule has 0 saturated carbocycles. The van der Waals surface area contributed by atoms with E-state index in [1.807, 2.05) is 36.4 Å². The van der Waals surface area contributed by atoms with Gasteiger partial charge in [0.1, 0.15) is 5.75 Å². The monoisotopic (exact) mass is 347 g/mol. The van der Waals surface area contributed by atoms with Gasteiger partial charge in [0.25, 0.3) is 0 Å². The second-order valence-electron chi connectivity index (χ2n) is 4.08. The number of hydrogen-bond acceptors (Lipinski definition) is 3. The Morgan fingerprint density at radius 3 is 2.67 bits per heavy atom. The molecule has 108 valence electrons. The number of amides is 2. The summed E-state index contributed by atoms with van der Waals surface area (Å²) in [7, 11) is 1.60. The molecular formula is C15H14BrN3O2. The normalized spacial score (nSPS) is 10.4. The van der Waals surface area contributed by atoms with Crippen LogP contribution in [-0.4, -0.2) is 19.4 Å². The summed E-state index contributed by atoms with van der Waals surface area (Å²) in [6.45, 7) is 0. The zero-order valence-corrected chi connectivity index (χ0v) is 12.9. The van der Waals surface area contributed by atoms with Crippen molar-refractivity contribution in [2.24, 2.45) is 5.10 Å². The highest BCUT2D eigenvalue weighted by Gasteiger charge is 2.00. The zero-order valence-electron chi connectivity index (χ0n) is 11.3. The Balaban J connectivity index is 1.90. The average Bonchev–Trinajstić information content (AvgIpc) is 2.48. The number of ether oxygens (including phenoxy) is 1. The standard InChI is InChI=1S/C15H14BrN3O2/c1-21-14-8-7-11(9-13(14)16)10-17-19-15(20)18-12-5-3-2-4-6-12/h2-10H,1H3,(H2,18,19,20)/b17-10-. The van der Waals surface area contributed by atoms with Crippen molar-refractivity contribution in [3.05, 3.63) is 58.6 Å². The Hall–Kier alpha value is -2.34. The van der Waals surface area contributed by atoms with Crippen LogP contribution in [0.4, 0.5) is 10.5 Å². The molecule has 2 aromatic carbocycles. The number of rotatable bonds is 4. The van der Waals surface area contributed by atoms with Gasteiger partial charge < -0.3 is 10.1 Å². The van der Waals surface area contributed by atoms with Gasteiger partial charge in [0.15, 0.2) is 0 Å². The highest BCUT2D eigenvalue weighted by Crippen LogP contribution is 2.24. The smallest absolute Gasteiger partial charge is 0.339 e. The van der Waals surface area contributed by atoms with Crippen molar-refractivity contribution in [1.82, 2.24) is 5.43 Å². The number of anilines is 1. The predicted octanol–water partition coefficient (Wildman–Crippen LogP) is 3.61. The number of para-hydroxylation sites is 1. The fourth-order valence-corrected chi connectivity index (χ4v) is 2.17. The molecule has 2 aromatic rings. The van der Waals surface area contributed by atoms with Gasteiger partial charge >= 0.3 is 6.03 Å². The van der Waals surface area contributed by atoms with Crippen LogP contribution in [0.15, 0.2) is 58.1 Å². The maximum Gasteiger partial charge on any atom is 0.339 e. The Morgan fingerprint density at radius 2 is 2.00 bits per heavy atom. The van der Waals surface area contributed by atoms with Crippen molar-refractivity contribution in [2.45, 2.75) is 0 Å². The van der Waals surface area contributed by atoms with E-state index >= 15 is 0 Å². The lowest BCUT2D eigenvalue weighted by Crippen LogP contribution is -2.24. The van der Waals surface area contributed by atoms with Gasteiger partial charge in [-0.05, 0) is 51.8 Å². The first-order valence-corrected chi connectivity index (χ1v) is 6.97. The molecule has 2 amide bonds. The molecule has 2 N–H and O–H groups in total. The van der Waals surface area contributed by atoms with E-state index in [1.165, 1.54) is 0 Å². The zero-order chi connectivity index (χ0) is 15.1. The van der Waals surface area contributed by atoms with Crippen molar-refractivity contribution in [3.63, 3.8) is 0 Å². The number of hydrazone groups is 1. The Kier molecular flexibility index (Phi) is 5.34. The van der Waals surface area contributed by atoms with Crippen LogP contribution in [0.25, 0.3) is 0 Å². The molecule has 0 fully saturated rings. The number of carbonyl (C=O) groups excluding carboxylic acids is 1. The molecule has 0 unspecified atom stereocenters. The topological polar surface area (TPSA) is 62.7 Å². The van der Waals surface area contributed by atoms with Crippen LogP contribution in [0.2, 0.25) is 0 Å². The summed E-state index contributed by atoms with van der Waals surface area (Å²) < 4.78 is 5.96. The van der Waals surface area contributed by atoms with Crippen molar-refractivity contribution in [3.8, 4) is 5.75 Å². The average molecular weight is 348 g/mol. The third-order valence-electron chi connectivity index (χ3n) is 2.59. The minimum atomic E-state index is -0.398. The summed E-state index contributed by atoms with van der Waals surface area (Å²) >= 11 is 3.39. The van der Waals surface area contributed by atoms with Gasteiger partial charge in [0.2, 0.25) is 0 Å². The number of nitrogens with zero attached hydrogens (tertiary/aromatic N) is 1. The van der Waals surface area contributed by atoms with Crippen LogP contribution in [0.1, 0.15) is 5.56 Å². The first-order chi connectivity index (χ1) is 10.2. The molecule has 2 rings (SSSR count). The van der Waals surface area contributed by atoms with E-state index in [-0.39, 0.29) is 0 Å². The number of nitrogens with one attached hydrogen (secondary N) is 2. The quantitative estimate of drug-likeness (QED) is 0.655. The highest BCUT2D eigenvalue weighted by molar-refractivity contribution is 9.10. The summed E-state index contributed by atoms with van der Waals surface area (Å²) in [6, 6.07) is 14.3. The minimum absolute atomic E-state index is 0.398. The van der Waals surface area contributed by atoms with E-state index in [2.05, 4.69) is 31.8 Å². The minimum Gasteiger partial charge on any atom is -0.496 e. The molecule has 0 aromatic heterocycles. The Labute approximate surface area is 131 Å². The largest absolute Gasteiger partial charge is 0.496 e. The molecule has 0 atom stereocenters. The molecule has 0 spiro atoms. The van der Waals surface area contributed by atoms with Crippen LogP contribution >= 0.6 is 15.9 Å². The summed E-state index contributed by atoms with van der Waals surface area (Å²) in [6.07, 6.45) is 1.55. The fourth-order valence-electron chi connectivity index (χ4n) is 1.61. The molecule has 0 saturated heterocycles. The van der Waals surface area contributed by atoms with Crippen molar-refractivity contribution in [1.29, 1.82) is 0 Å². The summed E-state index contributed by atoms with van der Waals surface area (Å²) in [5.41, 5.74) is 3.94. The maximum absolute atomic E-state index is 11.6. The van der Waals surface area contributed by atoms with Crippen LogP contribution in [0, 0.1) is 0 Å². The SMILES string of the molecule is COc1ccc(/C=N\NC(=O)Nc2ccccc2)cc1Br. The van der Waals surface area contributed by atoms with Crippen LogP contribution < -0.4 is 15.5 Å². The third kappa shape index (κ3) is 4.61. The highest BCUT2D eigenvalue weighted by atomic mass is 79.9. The fraction of sp³-hybridized carbons (Fsp3) is 0.0667. The van der Waals surface area contributed by atoms with Gasteiger partial charge in [-0.25, -0.2) is 10.2 Å². The van der Waals surface area contributed by atoms with E-state index in [1.54, 1.807) is 25.5 Å². The summed E-state index contributed by atoms with van der Waals surface area (Å²) in [4.78, 5) is 11.6. The molecule has 5 nitrogen and oxygen atoms in total. The van der Waals surface area contributed by atoms with E-state index in [4.69, 9.17) is 4.74 Å². The molecule has 0 aliphatic rings. The number of urea groups is 1. The molecular weight excluding hydrogens is 334 g/mol. The first-order valence-electron chi connectivity index (χ1n) is 6.17. The Bertz CT molecular complexity index is 645.